The van der Waals surface area contributed by atoms with Crippen molar-refractivity contribution in [2.24, 2.45) is 0 Å². The van der Waals surface area contributed by atoms with E-state index >= 15 is 0 Å². The molecule has 48 heavy (non-hydrogen) atoms. The fourth-order valence-corrected chi connectivity index (χ4v) is 8.94. The van der Waals surface area contributed by atoms with Gasteiger partial charge in [0.2, 0.25) is 5.95 Å². The molecule has 1 aliphatic rings. The van der Waals surface area contributed by atoms with Gasteiger partial charge in [0.15, 0.2) is 11.6 Å². The van der Waals surface area contributed by atoms with E-state index < -0.39 is 0 Å². The Bertz CT molecular complexity index is 2900. The summed E-state index contributed by atoms with van der Waals surface area (Å²) in [5, 5.41) is 7.58. The molecule has 0 radical (unpaired) electrons. The highest BCUT2D eigenvalue weighted by molar-refractivity contribution is 7.26. The lowest BCUT2D eigenvalue weighted by molar-refractivity contribution is 0.954. The summed E-state index contributed by atoms with van der Waals surface area (Å²) in [5.41, 5.74) is 9.36. The number of para-hydroxylation sites is 2. The molecule has 5 heteroatoms. The standard InChI is InChI=1S/C43H24N4S/c1-2-11-25(12-3-1)41-44-42(46-43(45-41)47-36-19-8-6-15-29(36)30-16-7-9-20-37(30)47)26-21-22-31-35-24-34-28-14-5-4-13-27(28)32-17-10-18-33(39(32)34)40(35)48-38(31)23-26/h1-24H. The van der Waals surface area contributed by atoms with Crippen molar-refractivity contribution < 1.29 is 0 Å². The number of hydrogen-bond acceptors (Lipinski definition) is 4. The van der Waals surface area contributed by atoms with Crippen LogP contribution in [0.2, 0.25) is 0 Å². The molecular weight excluding hydrogens is 605 g/mol. The monoisotopic (exact) mass is 628 g/mol. The van der Waals surface area contributed by atoms with Gasteiger partial charge in [-0.1, -0.05) is 121 Å². The Kier molecular flexibility index (Phi) is 5.23. The zero-order chi connectivity index (χ0) is 31.3. The molecule has 1 aliphatic carbocycles. The molecule has 0 unspecified atom stereocenters. The van der Waals surface area contributed by atoms with Gasteiger partial charge >= 0.3 is 0 Å². The first-order valence-electron chi connectivity index (χ1n) is 16.1. The van der Waals surface area contributed by atoms with Gasteiger partial charge < -0.3 is 0 Å². The normalized spacial score (nSPS) is 12.2. The Labute approximate surface area is 279 Å². The fourth-order valence-electron chi connectivity index (χ4n) is 7.69. The van der Waals surface area contributed by atoms with E-state index in [2.05, 4.69) is 132 Å². The van der Waals surface area contributed by atoms with Gasteiger partial charge in [-0.3, -0.25) is 4.57 Å². The van der Waals surface area contributed by atoms with E-state index in [1.165, 1.54) is 64.0 Å². The van der Waals surface area contributed by atoms with Gasteiger partial charge in [-0.05, 0) is 51.9 Å². The fraction of sp³-hybridized carbons (Fsp3) is 0. The molecule has 0 aliphatic heterocycles. The SMILES string of the molecule is c1ccc(-c2nc(-c3ccc4c(c3)sc3c5cccc6c5c(cc43)-c3ccccc3-6)nc(-n3c4ccccc4c4ccccc43)n2)cc1. The molecule has 0 amide bonds. The van der Waals surface area contributed by atoms with Gasteiger partial charge in [-0.15, -0.1) is 11.3 Å². The highest BCUT2D eigenvalue weighted by atomic mass is 32.1. The van der Waals surface area contributed by atoms with Crippen LogP contribution < -0.4 is 0 Å². The van der Waals surface area contributed by atoms with Crippen LogP contribution >= 0.6 is 11.3 Å². The predicted octanol–water partition coefficient (Wildman–Crippen LogP) is 11.5. The van der Waals surface area contributed by atoms with Crippen molar-refractivity contribution >= 4 is 64.1 Å². The second kappa shape index (κ2) is 9.67. The van der Waals surface area contributed by atoms with Crippen molar-refractivity contribution in [2.45, 2.75) is 0 Å². The Balaban J connectivity index is 1.15. The Hall–Kier alpha value is -6.17. The first-order valence-corrected chi connectivity index (χ1v) is 16.9. The number of thiophene rings is 1. The van der Waals surface area contributed by atoms with Crippen molar-refractivity contribution in [1.82, 2.24) is 19.5 Å². The van der Waals surface area contributed by atoms with Gasteiger partial charge in [0, 0.05) is 47.5 Å². The summed E-state index contributed by atoms with van der Waals surface area (Å²) < 4.78 is 4.71. The minimum absolute atomic E-state index is 0.608. The van der Waals surface area contributed by atoms with E-state index in [9.17, 15) is 0 Å². The average Bonchev–Trinajstić information content (AvgIpc) is 3.81. The first-order chi connectivity index (χ1) is 23.8. The van der Waals surface area contributed by atoms with Crippen LogP contribution in [0.4, 0.5) is 0 Å². The third kappa shape index (κ3) is 3.56. The Morgan fingerprint density at radius 2 is 1.04 bits per heavy atom. The van der Waals surface area contributed by atoms with Crippen LogP contribution in [0, 0.1) is 0 Å². The summed E-state index contributed by atoms with van der Waals surface area (Å²) in [6.07, 6.45) is 0. The summed E-state index contributed by atoms with van der Waals surface area (Å²) in [6, 6.07) is 51.7. The predicted molar refractivity (Wildman–Crippen MR) is 200 cm³/mol. The maximum Gasteiger partial charge on any atom is 0.238 e. The zero-order valence-electron chi connectivity index (χ0n) is 25.6. The van der Waals surface area contributed by atoms with Gasteiger partial charge in [-0.25, -0.2) is 4.98 Å². The molecule has 0 spiro atoms. The number of nitrogens with zero attached hydrogens (tertiary/aromatic N) is 4. The molecule has 11 rings (SSSR count). The van der Waals surface area contributed by atoms with E-state index in [1.807, 2.05) is 29.5 Å². The van der Waals surface area contributed by atoms with Crippen LogP contribution in [0.15, 0.2) is 146 Å². The summed E-state index contributed by atoms with van der Waals surface area (Å²) >= 11 is 1.85. The molecular formula is C43H24N4S. The quantitative estimate of drug-likeness (QED) is 0.196. The molecule has 4 nitrogen and oxygen atoms in total. The highest BCUT2D eigenvalue weighted by Crippen LogP contribution is 2.51. The molecule has 0 saturated heterocycles. The highest BCUT2D eigenvalue weighted by Gasteiger charge is 2.24. The van der Waals surface area contributed by atoms with Crippen molar-refractivity contribution in [2.75, 3.05) is 0 Å². The molecule has 3 heterocycles. The topological polar surface area (TPSA) is 43.6 Å². The van der Waals surface area contributed by atoms with Gasteiger partial charge in [0.1, 0.15) is 0 Å². The summed E-state index contributed by atoms with van der Waals surface area (Å²) in [5.74, 6) is 1.91. The summed E-state index contributed by atoms with van der Waals surface area (Å²) in [7, 11) is 0. The van der Waals surface area contributed by atoms with Crippen LogP contribution in [0.1, 0.15) is 0 Å². The molecule has 10 aromatic rings. The number of hydrogen-bond donors (Lipinski definition) is 0. The lowest BCUT2D eigenvalue weighted by Crippen LogP contribution is -2.06. The minimum atomic E-state index is 0.608. The van der Waals surface area contributed by atoms with Crippen molar-refractivity contribution in [3.8, 4) is 51.0 Å². The lowest BCUT2D eigenvalue weighted by Gasteiger charge is -2.11. The number of benzene rings is 7. The van der Waals surface area contributed by atoms with E-state index in [0.29, 0.717) is 17.6 Å². The smallest absolute Gasteiger partial charge is 0.238 e. The van der Waals surface area contributed by atoms with Gasteiger partial charge in [-0.2, -0.15) is 9.97 Å². The van der Waals surface area contributed by atoms with Gasteiger partial charge in [0.25, 0.3) is 0 Å². The van der Waals surface area contributed by atoms with Crippen molar-refractivity contribution in [3.05, 3.63) is 146 Å². The number of aromatic nitrogens is 4. The van der Waals surface area contributed by atoms with Crippen molar-refractivity contribution in [3.63, 3.8) is 0 Å². The van der Waals surface area contributed by atoms with E-state index in [4.69, 9.17) is 15.0 Å². The van der Waals surface area contributed by atoms with E-state index in [0.717, 1.165) is 22.2 Å². The molecule has 7 aromatic carbocycles. The molecule has 222 valence electrons. The Morgan fingerprint density at radius 1 is 0.417 bits per heavy atom. The Morgan fingerprint density at radius 3 is 1.81 bits per heavy atom. The van der Waals surface area contributed by atoms with Crippen LogP contribution in [-0.4, -0.2) is 19.5 Å². The third-order valence-corrected chi connectivity index (χ3v) is 11.0. The minimum Gasteiger partial charge on any atom is -0.278 e. The second-order valence-corrected chi connectivity index (χ2v) is 13.5. The molecule has 0 atom stereocenters. The summed E-state index contributed by atoms with van der Waals surface area (Å²) in [6.45, 7) is 0. The van der Waals surface area contributed by atoms with Crippen LogP contribution in [-0.2, 0) is 0 Å². The second-order valence-electron chi connectivity index (χ2n) is 12.4. The summed E-state index contributed by atoms with van der Waals surface area (Å²) in [4.78, 5) is 15.4. The molecule has 0 N–H and O–H groups in total. The van der Waals surface area contributed by atoms with E-state index in [1.54, 1.807) is 0 Å². The third-order valence-electron chi connectivity index (χ3n) is 9.80. The van der Waals surface area contributed by atoms with Crippen LogP contribution in [0.3, 0.4) is 0 Å². The van der Waals surface area contributed by atoms with Crippen LogP contribution in [0.25, 0.3) is 104 Å². The van der Waals surface area contributed by atoms with Crippen molar-refractivity contribution in [1.29, 1.82) is 0 Å². The maximum atomic E-state index is 5.19. The van der Waals surface area contributed by atoms with Gasteiger partial charge in [0.05, 0.1) is 11.0 Å². The molecule has 0 bridgehead atoms. The number of rotatable bonds is 3. The maximum absolute atomic E-state index is 5.19. The average molecular weight is 629 g/mol. The molecule has 0 saturated carbocycles. The number of fused-ring (bicyclic) bond motifs is 10. The zero-order valence-corrected chi connectivity index (χ0v) is 26.4. The van der Waals surface area contributed by atoms with E-state index in [-0.39, 0.29) is 0 Å². The first kappa shape index (κ1) is 26.0. The van der Waals surface area contributed by atoms with Crippen LogP contribution in [0.5, 0.6) is 0 Å². The molecule has 0 fully saturated rings. The largest absolute Gasteiger partial charge is 0.278 e. The lowest BCUT2D eigenvalue weighted by atomic mass is 9.99. The molecule has 3 aromatic heterocycles.